The molecule has 0 amide bonds. The van der Waals surface area contributed by atoms with Gasteiger partial charge in [-0.15, -0.1) is 0 Å². The van der Waals surface area contributed by atoms with Crippen LogP contribution < -0.4 is 0 Å². The van der Waals surface area contributed by atoms with Crippen molar-refractivity contribution in [3.63, 3.8) is 0 Å². The van der Waals surface area contributed by atoms with Gasteiger partial charge in [0, 0.05) is 9.79 Å². The number of carbonyl (C=O) groups excluding carboxylic acids is 2. The van der Waals surface area contributed by atoms with E-state index in [1.165, 1.54) is 0 Å². The van der Waals surface area contributed by atoms with Gasteiger partial charge < -0.3 is 0 Å². The topological polar surface area (TPSA) is 34.1 Å². The average molecular weight is 434 g/mol. The van der Waals surface area contributed by atoms with E-state index in [2.05, 4.69) is 0 Å². The minimum absolute atomic E-state index is 0.474. The normalized spacial score (nSPS) is 13.6. The molecule has 0 unspecified atom stereocenters. The fourth-order valence-electron chi connectivity index (χ4n) is 1.15. The van der Waals surface area contributed by atoms with Crippen LogP contribution in [-0.2, 0) is 9.59 Å². The summed E-state index contributed by atoms with van der Waals surface area (Å²) in [7, 11) is 0. The number of hydrogen-bond donors (Lipinski definition) is 0. The van der Waals surface area contributed by atoms with Crippen molar-refractivity contribution < 1.29 is 53.5 Å². The van der Waals surface area contributed by atoms with Gasteiger partial charge in [-0.3, -0.25) is 9.59 Å². The zero-order valence-corrected chi connectivity index (χ0v) is 13.4. The number of rotatable bonds is 4. The summed E-state index contributed by atoms with van der Waals surface area (Å²) in [5.74, 6) is -11.3. The van der Waals surface area contributed by atoms with Gasteiger partial charge in [0.1, 0.15) is 0 Å². The highest BCUT2D eigenvalue weighted by Crippen LogP contribution is 2.42. The Morgan fingerprint density at radius 1 is 0.577 bits per heavy atom. The maximum Gasteiger partial charge on any atom is 0.462 e. The lowest BCUT2D eigenvalue weighted by Crippen LogP contribution is -2.42. The van der Waals surface area contributed by atoms with Gasteiger partial charge in [0.05, 0.1) is 0 Å². The summed E-state index contributed by atoms with van der Waals surface area (Å²) >= 11 is -1.03. The van der Waals surface area contributed by atoms with Gasteiger partial charge in [-0.25, -0.2) is 0 Å². The molecular weight excluding hydrogens is 430 g/mol. The largest absolute Gasteiger partial charge is 0.462 e. The van der Waals surface area contributed by atoms with Gasteiger partial charge >= 0.3 is 24.2 Å². The molecule has 0 saturated carbocycles. The molecule has 0 aromatic heterocycles. The molecule has 2 nitrogen and oxygen atoms in total. The first-order chi connectivity index (χ1) is 11.5. The van der Waals surface area contributed by atoms with Gasteiger partial charge in [-0.05, 0) is 47.8 Å². The SMILES string of the molecule is O=C(Sc1ccc(SC(=O)C(F)(F)C(F)(F)F)cc1)C(F)(F)C(F)(F)F. The maximum atomic E-state index is 12.8. The van der Waals surface area contributed by atoms with E-state index in [4.69, 9.17) is 0 Å². The smallest absolute Gasteiger partial charge is 0.280 e. The Kier molecular flexibility index (Phi) is 6.34. The van der Waals surface area contributed by atoms with E-state index in [1.54, 1.807) is 0 Å². The quantitative estimate of drug-likeness (QED) is 0.475. The molecule has 26 heavy (non-hydrogen) atoms. The molecule has 0 bridgehead atoms. The van der Waals surface area contributed by atoms with Crippen LogP contribution in [0.15, 0.2) is 34.1 Å². The van der Waals surface area contributed by atoms with Crippen molar-refractivity contribution >= 4 is 33.8 Å². The number of carbonyl (C=O) groups is 2. The Bertz CT molecular complexity index is 620. The minimum Gasteiger partial charge on any atom is -0.280 e. The molecule has 0 radical (unpaired) electrons. The summed E-state index contributed by atoms with van der Waals surface area (Å²) < 4.78 is 123. The van der Waals surface area contributed by atoms with Crippen LogP contribution >= 0.6 is 23.5 Å². The third kappa shape index (κ3) is 4.84. The maximum absolute atomic E-state index is 12.8. The van der Waals surface area contributed by atoms with E-state index < -0.39 is 67.7 Å². The molecule has 0 N–H and O–H groups in total. The molecule has 1 rings (SSSR count). The summed E-state index contributed by atoms with van der Waals surface area (Å²) in [4.78, 5) is 21.0. The lowest BCUT2D eigenvalue weighted by atomic mass is 10.3. The standard InChI is InChI=1S/C12H4F10O2S2/c13-9(14,11(17,18)19)7(23)25-5-1-2-6(4-3-5)26-8(24)10(15,16)12(20,21)22/h1-4H. The molecule has 0 saturated heterocycles. The number of benzene rings is 1. The van der Waals surface area contributed by atoms with Crippen LogP contribution in [0.4, 0.5) is 43.9 Å². The summed E-state index contributed by atoms with van der Waals surface area (Å²) in [5, 5.41) is -5.13. The minimum atomic E-state index is -6.12. The van der Waals surface area contributed by atoms with Crippen molar-refractivity contribution in [3.05, 3.63) is 24.3 Å². The highest BCUT2D eigenvalue weighted by molar-refractivity contribution is 8.14. The van der Waals surface area contributed by atoms with Crippen molar-refractivity contribution in [2.24, 2.45) is 0 Å². The monoisotopic (exact) mass is 434 g/mol. The Hall–Kier alpha value is -1.44. The summed E-state index contributed by atoms with van der Waals surface area (Å²) in [5.41, 5.74) is 0. The van der Waals surface area contributed by atoms with E-state index in [0.717, 1.165) is 0 Å². The Balaban J connectivity index is 2.85. The molecule has 1 aromatic rings. The fraction of sp³-hybridized carbons (Fsp3) is 0.333. The lowest BCUT2D eigenvalue weighted by Gasteiger charge is -2.18. The molecule has 0 atom stereocenters. The molecule has 0 aliphatic carbocycles. The highest BCUT2D eigenvalue weighted by Gasteiger charge is 2.64. The van der Waals surface area contributed by atoms with Crippen molar-refractivity contribution in [2.75, 3.05) is 0 Å². The third-order valence-corrected chi connectivity index (χ3v) is 4.37. The van der Waals surface area contributed by atoms with Gasteiger partial charge in [0.15, 0.2) is 0 Å². The van der Waals surface area contributed by atoms with Crippen LogP contribution in [0.3, 0.4) is 0 Å². The van der Waals surface area contributed by atoms with Crippen LogP contribution in [0.2, 0.25) is 0 Å². The molecule has 0 aliphatic heterocycles. The Morgan fingerprint density at radius 2 is 0.808 bits per heavy atom. The van der Waals surface area contributed by atoms with Crippen molar-refractivity contribution in [3.8, 4) is 0 Å². The molecule has 14 heteroatoms. The number of halogens is 10. The molecule has 0 heterocycles. The van der Waals surface area contributed by atoms with E-state index in [0.29, 0.717) is 24.3 Å². The molecular formula is C12H4F10O2S2. The first-order valence-corrected chi connectivity index (χ1v) is 7.57. The third-order valence-electron chi connectivity index (χ3n) is 2.47. The first-order valence-electron chi connectivity index (χ1n) is 5.94. The second-order valence-electron chi connectivity index (χ2n) is 4.39. The number of thioether (sulfide) groups is 2. The first kappa shape index (κ1) is 22.6. The second kappa shape index (κ2) is 7.29. The van der Waals surface area contributed by atoms with Crippen LogP contribution in [0.5, 0.6) is 0 Å². The molecule has 0 spiro atoms. The van der Waals surface area contributed by atoms with E-state index in [1.807, 2.05) is 0 Å². The predicted molar refractivity (Wildman–Crippen MR) is 70.2 cm³/mol. The molecule has 0 fully saturated rings. The zero-order chi connectivity index (χ0) is 20.6. The molecule has 146 valence electrons. The highest BCUT2D eigenvalue weighted by atomic mass is 32.2. The Labute approximate surface area is 146 Å². The summed E-state index contributed by atoms with van der Waals surface area (Å²) in [6.45, 7) is 0. The number of hydrogen-bond acceptors (Lipinski definition) is 4. The average Bonchev–Trinajstić information content (AvgIpc) is 2.46. The summed E-state index contributed by atoms with van der Waals surface area (Å²) in [6, 6.07) is 2.82. The van der Waals surface area contributed by atoms with Gasteiger partial charge in [-0.1, -0.05) is 0 Å². The number of alkyl halides is 10. The van der Waals surface area contributed by atoms with Crippen molar-refractivity contribution in [2.45, 2.75) is 34.0 Å². The Morgan fingerprint density at radius 3 is 1.00 bits per heavy atom. The van der Waals surface area contributed by atoms with Crippen LogP contribution in [0.25, 0.3) is 0 Å². The second-order valence-corrected chi connectivity index (χ2v) is 6.49. The van der Waals surface area contributed by atoms with E-state index in [9.17, 15) is 53.5 Å². The zero-order valence-electron chi connectivity index (χ0n) is 11.7. The van der Waals surface area contributed by atoms with Crippen LogP contribution in [0.1, 0.15) is 0 Å². The molecule has 1 aromatic carbocycles. The van der Waals surface area contributed by atoms with E-state index in [-0.39, 0.29) is 0 Å². The van der Waals surface area contributed by atoms with Gasteiger partial charge in [0.25, 0.3) is 10.2 Å². The molecule has 0 aliphatic rings. The van der Waals surface area contributed by atoms with Gasteiger partial charge in [-0.2, -0.15) is 43.9 Å². The van der Waals surface area contributed by atoms with Crippen LogP contribution in [0, 0.1) is 0 Å². The summed E-state index contributed by atoms with van der Waals surface area (Å²) in [6.07, 6.45) is -12.2. The van der Waals surface area contributed by atoms with Crippen molar-refractivity contribution in [1.82, 2.24) is 0 Å². The lowest BCUT2D eigenvalue weighted by molar-refractivity contribution is -0.264. The predicted octanol–water partition coefficient (Wildman–Crippen LogP) is 5.32. The fourth-order valence-corrected chi connectivity index (χ4v) is 2.61. The van der Waals surface area contributed by atoms with E-state index >= 15 is 0 Å². The van der Waals surface area contributed by atoms with Crippen molar-refractivity contribution in [1.29, 1.82) is 0 Å². The van der Waals surface area contributed by atoms with Crippen LogP contribution in [-0.4, -0.2) is 34.4 Å². The van der Waals surface area contributed by atoms with Gasteiger partial charge in [0.2, 0.25) is 0 Å².